The summed E-state index contributed by atoms with van der Waals surface area (Å²) in [6.07, 6.45) is 3.51. The summed E-state index contributed by atoms with van der Waals surface area (Å²) in [6, 6.07) is 22.5. The number of nitrogens with zero attached hydrogens (tertiary/aromatic N) is 5. The third-order valence-electron chi connectivity index (χ3n) is 7.86. The van der Waals surface area contributed by atoms with Gasteiger partial charge in [-0.1, -0.05) is 57.2 Å². The summed E-state index contributed by atoms with van der Waals surface area (Å²) in [5, 5.41) is 0. The topological polar surface area (TPSA) is 60.9 Å². The van der Waals surface area contributed by atoms with Crippen molar-refractivity contribution in [2.75, 3.05) is 18.0 Å². The van der Waals surface area contributed by atoms with Gasteiger partial charge in [-0.15, -0.1) is 0 Å². The van der Waals surface area contributed by atoms with Crippen LogP contribution < -0.4 is 4.90 Å². The third-order valence-corrected chi connectivity index (χ3v) is 7.86. The van der Waals surface area contributed by atoms with E-state index < -0.39 is 0 Å². The minimum atomic E-state index is 0.136. The molecule has 0 bridgehead atoms. The van der Waals surface area contributed by atoms with Crippen molar-refractivity contribution in [1.82, 2.24) is 24.8 Å². The molecule has 0 spiro atoms. The third kappa shape index (κ3) is 4.65. The first-order valence-electron chi connectivity index (χ1n) is 13.6. The van der Waals surface area contributed by atoms with E-state index in [4.69, 9.17) is 4.98 Å². The molecule has 6 nitrogen and oxygen atoms in total. The van der Waals surface area contributed by atoms with Gasteiger partial charge in [-0.3, -0.25) is 14.9 Å². The van der Waals surface area contributed by atoms with E-state index in [0.29, 0.717) is 12.1 Å². The number of para-hydroxylation sites is 1. The minimum absolute atomic E-state index is 0.136. The molecule has 1 saturated heterocycles. The fourth-order valence-electron chi connectivity index (χ4n) is 5.72. The molecule has 0 radical (unpaired) electrons. The molecule has 2 aromatic heterocycles. The molecule has 3 aromatic carbocycles. The number of aromatic nitrogens is 4. The second-order valence-electron chi connectivity index (χ2n) is 11.7. The molecule has 6 rings (SSSR count). The van der Waals surface area contributed by atoms with Crippen molar-refractivity contribution in [2.45, 2.75) is 58.7 Å². The quantitative estimate of drug-likeness (QED) is 0.300. The van der Waals surface area contributed by atoms with Gasteiger partial charge < -0.3 is 9.88 Å². The Morgan fingerprint density at radius 3 is 2.29 bits per heavy atom. The summed E-state index contributed by atoms with van der Waals surface area (Å²) < 4.78 is 0. The van der Waals surface area contributed by atoms with Gasteiger partial charge in [0, 0.05) is 49.7 Å². The lowest BCUT2D eigenvalue weighted by molar-refractivity contribution is 0.123. The van der Waals surface area contributed by atoms with Gasteiger partial charge in [0.25, 0.3) is 0 Å². The zero-order valence-corrected chi connectivity index (χ0v) is 22.9. The highest BCUT2D eigenvalue weighted by molar-refractivity contribution is 5.91. The smallest absolute Gasteiger partial charge is 0.138 e. The average Bonchev–Trinajstić information content (AvgIpc) is 3.35. The van der Waals surface area contributed by atoms with Gasteiger partial charge in [-0.25, -0.2) is 4.98 Å². The number of anilines is 1. The van der Waals surface area contributed by atoms with Gasteiger partial charge in [0.1, 0.15) is 11.3 Å². The van der Waals surface area contributed by atoms with Gasteiger partial charge >= 0.3 is 0 Å². The van der Waals surface area contributed by atoms with Crippen LogP contribution in [-0.2, 0) is 12.0 Å². The SMILES string of the molecule is C[C@@H]1CN(c2cccc3[nH]c(-c4ccc(C(C)(C)C)cc4)nc23)C[C@H](C)N1Cc1ccc2nccnc2c1. The maximum atomic E-state index is 5.09. The number of hydrogen-bond donors (Lipinski definition) is 1. The highest BCUT2D eigenvalue weighted by atomic mass is 15.3. The zero-order chi connectivity index (χ0) is 26.4. The van der Waals surface area contributed by atoms with Crippen molar-refractivity contribution in [2.24, 2.45) is 0 Å². The first-order chi connectivity index (χ1) is 18.3. The summed E-state index contributed by atoms with van der Waals surface area (Å²) in [4.78, 5) is 22.7. The van der Waals surface area contributed by atoms with E-state index in [0.717, 1.165) is 53.1 Å². The van der Waals surface area contributed by atoms with Crippen LogP contribution in [0.1, 0.15) is 45.7 Å². The van der Waals surface area contributed by atoms with Crippen molar-refractivity contribution >= 4 is 27.8 Å². The molecule has 5 aromatic rings. The standard InChI is InChI=1S/C32H36N6/c1-21-18-37(19-22(2)38(21)20-23-9-14-26-28(17-23)34-16-15-33-26)29-8-6-7-27-30(29)36-31(35-27)24-10-12-25(13-11-24)32(3,4)5/h6-17,21-22H,18-20H2,1-5H3,(H,35,36)/t21-,22+. The maximum Gasteiger partial charge on any atom is 0.138 e. The van der Waals surface area contributed by atoms with E-state index in [2.05, 4.69) is 120 Å². The number of nitrogens with one attached hydrogen (secondary N) is 1. The summed E-state index contributed by atoms with van der Waals surface area (Å²) >= 11 is 0. The molecule has 38 heavy (non-hydrogen) atoms. The van der Waals surface area contributed by atoms with Crippen LogP contribution in [0.5, 0.6) is 0 Å². The Hall–Kier alpha value is -3.77. The molecule has 6 heteroatoms. The fourth-order valence-corrected chi connectivity index (χ4v) is 5.72. The Labute approximate surface area is 224 Å². The lowest BCUT2D eigenvalue weighted by Crippen LogP contribution is -2.56. The number of aromatic amines is 1. The summed E-state index contributed by atoms with van der Waals surface area (Å²) in [5.74, 6) is 0.923. The van der Waals surface area contributed by atoms with Gasteiger partial charge in [0.15, 0.2) is 0 Å². The lowest BCUT2D eigenvalue weighted by atomic mass is 9.87. The van der Waals surface area contributed by atoms with E-state index >= 15 is 0 Å². The second kappa shape index (κ2) is 9.52. The minimum Gasteiger partial charge on any atom is -0.367 e. The number of hydrogen-bond acceptors (Lipinski definition) is 5. The number of piperazine rings is 1. The Morgan fingerprint density at radius 2 is 1.58 bits per heavy atom. The van der Waals surface area contributed by atoms with Crippen LogP contribution in [0.2, 0.25) is 0 Å². The number of benzene rings is 3. The van der Waals surface area contributed by atoms with Crippen LogP contribution in [0.15, 0.2) is 73.1 Å². The van der Waals surface area contributed by atoms with E-state index in [1.54, 1.807) is 12.4 Å². The average molecular weight is 505 g/mol. The molecule has 2 atom stereocenters. The van der Waals surface area contributed by atoms with Crippen molar-refractivity contribution in [3.63, 3.8) is 0 Å². The van der Waals surface area contributed by atoms with Gasteiger partial charge in [-0.2, -0.15) is 0 Å². The predicted octanol–water partition coefficient (Wildman–Crippen LogP) is 6.57. The Bertz CT molecular complexity index is 1570. The molecule has 1 aliphatic rings. The summed E-state index contributed by atoms with van der Waals surface area (Å²) in [7, 11) is 0. The molecular weight excluding hydrogens is 468 g/mol. The van der Waals surface area contributed by atoms with E-state index in [1.165, 1.54) is 16.8 Å². The molecule has 1 N–H and O–H groups in total. The first-order valence-corrected chi connectivity index (χ1v) is 13.6. The number of rotatable bonds is 4. The predicted molar refractivity (Wildman–Crippen MR) is 156 cm³/mol. The molecule has 1 aliphatic heterocycles. The molecule has 0 aliphatic carbocycles. The van der Waals surface area contributed by atoms with Crippen molar-refractivity contribution < 1.29 is 0 Å². The van der Waals surface area contributed by atoms with Crippen LogP contribution in [0.3, 0.4) is 0 Å². The summed E-state index contributed by atoms with van der Waals surface area (Å²) in [6.45, 7) is 14.2. The number of H-pyrrole nitrogens is 1. The fraction of sp³-hybridized carbons (Fsp3) is 0.344. The molecule has 1 fully saturated rings. The van der Waals surface area contributed by atoms with Crippen LogP contribution in [0.4, 0.5) is 5.69 Å². The molecular formula is C32H36N6. The van der Waals surface area contributed by atoms with Gasteiger partial charge in [0.2, 0.25) is 0 Å². The Morgan fingerprint density at radius 1 is 0.868 bits per heavy atom. The van der Waals surface area contributed by atoms with Gasteiger partial charge in [-0.05, 0) is 54.7 Å². The van der Waals surface area contributed by atoms with Crippen LogP contribution >= 0.6 is 0 Å². The van der Waals surface area contributed by atoms with Crippen LogP contribution in [0, 0.1) is 0 Å². The first kappa shape index (κ1) is 24.6. The van der Waals surface area contributed by atoms with E-state index in [1.807, 2.05) is 0 Å². The van der Waals surface area contributed by atoms with Crippen molar-refractivity contribution in [1.29, 1.82) is 0 Å². The molecule has 194 valence electrons. The largest absolute Gasteiger partial charge is 0.367 e. The normalized spacial score (nSPS) is 18.9. The van der Waals surface area contributed by atoms with E-state index in [9.17, 15) is 0 Å². The van der Waals surface area contributed by atoms with Crippen molar-refractivity contribution in [3.05, 3.63) is 84.2 Å². The molecule has 0 unspecified atom stereocenters. The van der Waals surface area contributed by atoms with Crippen LogP contribution in [0.25, 0.3) is 33.5 Å². The summed E-state index contributed by atoms with van der Waals surface area (Å²) in [5.41, 5.74) is 9.09. The number of fused-ring (bicyclic) bond motifs is 2. The number of imidazole rings is 1. The molecule has 0 saturated carbocycles. The monoisotopic (exact) mass is 504 g/mol. The Kier molecular flexibility index (Phi) is 6.15. The van der Waals surface area contributed by atoms with Crippen LogP contribution in [-0.4, -0.2) is 50.0 Å². The second-order valence-corrected chi connectivity index (χ2v) is 11.7. The van der Waals surface area contributed by atoms with E-state index in [-0.39, 0.29) is 5.41 Å². The maximum absolute atomic E-state index is 5.09. The Balaban J connectivity index is 1.23. The van der Waals surface area contributed by atoms with Gasteiger partial charge in [0.05, 0.1) is 22.2 Å². The lowest BCUT2D eigenvalue weighted by Gasteiger charge is -2.45. The molecule has 0 amide bonds. The highest BCUT2D eigenvalue weighted by Crippen LogP contribution is 2.32. The highest BCUT2D eigenvalue weighted by Gasteiger charge is 2.30. The molecule has 3 heterocycles. The zero-order valence-electron chi connectivity index (χ0n) is 22.9. The van der Waals surface area contributed by atoms with Crippen molar-refractivity contribution in [3.8, 4) is 11.4 Å².